The lowest BCUT2D eigenvalue weighted by Crippen LogP contribution is -2.37. The van der Waals surface area contributed by atoms with Crippen LogP contribution in [0.25, 0.3) is 12.3 Å². The Balaban J connectivity index is 1.37. The average Bonchev–Trinajstić information content (AvgIpc) is 3.41. The van der Waals surface area contributed by atoms with Gasteiger partial charge in [0.05, 0.1) is 17.5 Å². The van der Waals surface area contributed by atoms with Gasteiger partial charge in [-0.25, -0.2) is 4.39 Å². The Labute approximate surface area is 209 Å². The highest BCUT2D eigenvalue weighted by atomic mass is 19.1. The molecule has 0 bridgehead atoms. The largest absolute Gasteiger partial charge is 0.505 e. The third-order valence-electron chi connectivity index (χ3n) is 7.18. The highest BCUT2D eigenvalue weighted by Gasteiger charge is 2.24. The number of rotatable bonds is 6. The molecule has 0 aliphatic carbocycles. The molecule has 36 heavy (non-hydrogen) atoms. The number of piperidine rings is 1. The molecule has 0 spiro atoms. The number of aromatic hydroxyl groups is 1. The number of aromatic amines is 1. The fourth-order valence-electron chi connectivity index (χ4n) is 5.29. The first-order chi connectivity index (χ1) is 17.4. The number of phenols is 1. The Bertz CT molecular complexity index is 1380. The second-order valence-corrected chi connectivity index (χ2v) is 9.66. The number of likely N-dealkylation sites (tertiary alicyclic amines) is 1. The second kappa shape index (κ2) is 10.3. The summed E-state index contributed by atoms with van der Waals surface area (Å²) in [6, 6.07) is 6.40. The normalized spacial score (nSPS) is 18.6. The van der Waals surface area contributed by atoms with Gasteiger partial charge in [0.15, 0.2) is 11.6 Å². The van der Waals surface area contributed by atoms with Gasteiger partial charge in [0, 0.05) is 47.7 Å². The number of phenolic OH excluding ortho intramolecular Hbond substituents is 1. The first-order valence-corrected chi connectivity index (χ1v) is 12.6. The molecule has 1 saturated heterocycles. The van der Waals surface area contributed by atoms with Gasteiger partial charge in [-0.05, 0) is 63.6 Å². The van der Waals surface area contributed by atoms with E-state index in [2.05, 4.69) is 15.2 Å². The van der Waals surface area contributed by atoms with Crippen molar-refractivity contribution < 1.29 is 19.0 Å². The van der Waals surface area contributed by atoms with Crippen LogP contribution in [0.1, 0.15) is 58.1 Å². The van der Waals surface area contributed by atoms with Crippen molar-refractivity contribution in [1.82, 2.24) is 19.8 Å². The van der Waals surface area contributed by atoms with Crippen LogP contribution in [0.15, 0.2) is 30.5 Å². The average molecular weight is 493 g/mol. The van der Waals surface area contributed by atoms with Gasteiger partial charge in [0.2, 0.25) is 0 Å². The lowest BCUT2D eigenvalue weighted by Gasteiger charge is -2.26. The van der Waals surface area contributed by atoms with E-state index in [1.165, 1.54) is 25.3 Å². The molecule has 3 aromatic rings. The Kier molecular flexibility index (Phi) is 6.98. The molecular weight excluding hydrogens is 459 g/mol. The van der Waals surface area contributed by atoms with Crippen molar-refractivity contribution in [3.05, 3.63) is 74.9 Å². The molecule has 1 atom stereocenters. The molecule has 7 nitrogen and oxygen atoms in total. The van der Waals surface area contributed by atoms with Crippen LogP contribution in [0.2, 0.25) is 0 Å². The molecule has 0 saturated carbocycles. The number of benzene rings is 1. The number of nitrogens with one attached hydrogen (secondary N) is 2. The maximum atomic E-state index is 14.0. The third kappa shape index (κ3) is 4.83. The summed E-state index contributed by atoms with van der Waals surface area (Å²) in [5, 5.41) is 15.0. The Morgan fingerprint density at radius 1 is 1.25 bits per heavy atom. The van der Waals surface area contributed by atoms with E-state index in [4.69, 9.17) is 4.74 Å². The van der Waals surface area contributed by atoms with Crippen molar-refractivity contribution in [1.29, 1.82) is 0 Å². The van der Waals surface area contributed by atoms with Gasteiger partial charge in [-0.3, -0.25) is 4.79 Å². The summed E-state index contributed by atoms with van der Waals surface area (Å²) in [6.45, 7) is 7.97. The van der Waals surface area contributed by atoms with Crippen LogP contribution in [0, 0.1) is 19.7 Å². The third-order valence-corrected chi connectivity index (χ3v) is 7.18. The van der Waals surface area contributed by atoms with E-state index >= 15 is 0 Å². The summed E-state index contributed by atoms with van der Waals surface area (Å²) in [5.74, 6) is -1.12. The van der Waals surface area contributed by atoms with E-state index in [1.54, 1.807) is 12.1 Å². The number of H-pyrrole nitrogens is 1. The zero-order valence-electron chi connectivity index (χ0n) is 20.8. The number of fused-ring (bicyclic) bond motifs is 1. The van der Waals surface area contributed by atoms with Crippen LogP contribution >= 0.6 is 0 Å². The first kappa shape index (κ1) is 24.3. The summed E-state index contributed by atoms with van der Waals surface area (Å²) in [6.07, 6.45) is 9.00. The predicted octanol–water partition coefficient (Wildman–Crippen LogP) is 2.68. The Morgan fingerprint density at radius 3 is 2.86 bits per heavy atom. The van der Waals surface area contributed by atoms with E-state index in [9.17, 15) is 14.3 Å². The Hall–Kier alpha value is -3.36. The SMILES string of the molecule is Cc1cn(C=c2cc3c([nH]2)=CCOC3c2cccc(F)c2O)c(C)c1C(=O)NCCN1CCCCC1. The van der Waals surface area contributed by atoms with Crippen molar-refractivity contribution in [2.45, 2.75) is 39.2 Å². The van der Waals surface area contributed by atoms with E-state index in [0.29, 0.717) is 24.3 Å². The molecule has 8 heteroatoms. The second-order valence-electron chi connectivity index (χ2n) is 9.66. The number of halogens is 1. The molecule has 3 N–H and O–H groups in total. The first-order valence-electron chi connectivity index (χ1n) is 12.6. The molecule has 5 rings (SSSR count). The smallest absolute Gasteiger partial charge is 0.253 e. The standard InChI is InChI=1S/C28H33FN4O3/c1-18-16-33(19(2)25(18)28(35)30-10-13-32-11-4-3-5-12-32)17-20-15-22-24(31-20)9-14-36-27(22)21-7-6-8-23(29)26(21)34/h6-9,15-17,27,31,34H,3-5,10-14H2,1-2H3,(H,30,35). The number of ether oxygens (including phenoxy) is 1. The summed E-state index contributed by atoms with van der Waals surface area (Å²) in [5.41, 5.74) is 3.68. The van der Waals surface area contributed by atoms with E-state index in [-0.39, 0.29) is 5.91 Å². The summed E-state index contributed by atoms with van der Waals surface area (Å²) >= 11 is 0. The van der Waals surface area contributed by atoms with Gasteiger partial charge in [-0.1, -0.05) is 18.6 Å². The zero-order chi connectivity index (χ0) is 25.2. The monoisotopic (exact) mass is 492 g/mol. The molecule has 2 aliphatic heterocycles. The molecule has 2 aromatic heterocycles. The van der Waals surface area contributed by atoms with Crippen molar-refractivity contribution >= 4 is 18.2 Å². The van der Waals surface area contributed by atoms with Gasteiger partial charge in [-0.2, -0.15) is 0 Å². The van der Waals surface area contributed by atoms with Crippen LogP contribution in [0.5, 0.6) is 5.75 Å². The highest BCUT2D eigenvalue weighted by Crippen LogP contribution is 2.33. The maximum Gasteiger partial charge on any atom is 0.253 e. The van der Waals surface area contributed by atoms with Crippen LogP contribution in [0.4, 0.5) is 4.39 Å². The van der Waals surface area contributed by atoms with E-state index < -0.39 is 17.7 Å². The van der Waals surface area contributed by atoms with Crippen LogP contribution in [0.3, 0.4) is 0 Å². The lowest BCUT2D eigenvalue weighted by molar-refractivity contribution is 0.0945. The van der Waals surface area contributed by atoms with Gasteiger partial charge < -0.3 is 29.6 Å². The minimum Gasteiger partial charge on any atom is -0.505 e. The van der Waals surface area contributed by atoms with Gasteiger partial charge >= 0.3 is 0 Å². The van der Waals surface area contributed by atoms with Gasteiger partial charge in [0.25, 0.3) is 5.91 Å². The molecule has 2 aliphatic rings. The van der Waals surface area contributed by atoms with E-state index in [1.807, 2.05) is 43.0 Å². The summed E-state index contributed by atoms with van der Waals surface area (Å²) in [4.78, 5) is 18.8. The number of para-hydroxylation sites is 1. The molecule has 1 unspecified atom stereocenters. The van der Waals surface area contributed by atoms with Crippen LogP contribution in [-0.4, -0.2) is 58.3 Å². The zero-order valence-corrected chi connectivity index (χ0v) is 20.8. The van der Waals surface area contributed by atoms with E-state index in [0.717, 1.165) is 47.2 Å². The number of aryl methyl sites for hydroxylation is 1. The molecule has 4 heterocycles. The molecule has 1 fully saturated rings. The van der Waals surface area contributed by atoms with Gasteiger partial charge in [0.1, 0.15) is 6.10 Å². The summed E-state index contributed by atoms with van der Waals surface area (Å²) in [7, 11) is 0. The van der Waals surface area contributed by atoms with Crippen molar-refractivity contribution in [2.24, 2.45) is 0 Å². The lowest BCUT2D eigenvalue weighted by atomic mass is 10.0. The molecule has 1 aromatic carbocycles. The maximum absolute atomic E-state index is 14.0. The summed E-state index contributed by atoms with van der Waals surface area (Å²) < 4.78 is 21.8. The van der Waals surface area contributed by atoms with Crippen molar-refractivity contribution in [3.8, 4) is 5.75 Å². The fourth-order valence-corrected chi connectivity index (χ4v) is 5.29. The molecule has 0 radical (unpaired) electrons. The number of hydrogen-bond acceptors (Lipinski definition) is 4. The highest BCUT2D eigenvalue weighted by molar-refractivity contribution is 5.97. The van der Waals surface area contributed by atoms with Crippen molar-refractivity contribution in [2.75, 3.05) is 32.8 Å². The topological polar surface area (TPSA) is 82.5 Å². The number of amides is 1. The molecular formula is C28H33FN4O3. The molecule has 190 valence electrons. The Morgan fingerprint density at radius 2 is 2.06 bits per heavy atom. The van der Waals surface area contributed by atoms with Crippen LogP contribution in [-0.2, 0) is 4.74 Å². The molecule has 1 amide bonds. The minimum absolute atomic E-state index is 0.0525. The van der Waals surface area contributed by atoms with Gasteiger partial charge in [-0.15, -0.1) is 0 Å². The quantitative estimate of drug-likeness (QED) is 0.494. The number of nitrogens with zero attached hydrogens (tertiary/aromatic N) is 2. The fraction of sp³-hybridized carbons (Fsp3) is 0.393. The number of carbonyl (C=O) groups is 1. The minimum atomic E-state index is -0.672. The van der Waals surface area contributed by atoms with Crippen LogP contribution < -0.4 is 16.0 Å². The number of carbonyl (C=O) groups excluding carboxylic acids is 1. The predicted molar refractivity (Wildman–Crippen MR) is 137 cm³/mol. The number of hydrogen-bond donors (Lipinski definition) is 3. The van der Waals surface area contributed by atoms with Crippen molar-refractivity contribution in [3.63, 3.8) is 0 Å². The number of aromatic nitrogens is 2.